The van der Waals surface area contributed by atoms with Gasteiger partial charge >= 0.3 is 0 Å². The molecule has 1 heterocycles. The number of benzene rings is 2. The van der Waals surface area contributed by atoms with E-state index in [9.17, 15) is 4.79 Å². The Bertz CT molecular complexity index is 687. The van der Waals surface area contributed by atoms with Crippen LogP contribution in [0.5, 0.6) is 0 Å². The highest BCUT2D eigenvalue weighted by Crippen LogP contribution is 2.19. The zero-order valence-corrected chi connectivity index (χ0v) is 9.59. The van der Waals surface area contributed by atoms with Crippen molar-refractivity contribution in [1.82, 2.24) is 0 Å². The van der Waals surface area contributed by atoms with Crippen LogP contribution in [0.25, 0.3) is 10.8 Å². The topological polar surface area (TPSA) is 42.2 Å². The fourth-order valence-electron chi connectivity index (χ4n) is 1.86. The molecule has 3 aromatic rings. The lowest BCUT2D eigenvalue weighted by molar-refractivity contribution is 0.102. The number of rotatable bonds is 2. The Hall–Kier alpha value is -2.55. The number of hydrogen-bond acceptors (Lipinski definition) is 2. The lowest BCUT2D eigenvalue weighted by atomic mass is 10.1. The SMILES string of the molecule is O=C(Nc1ccc2ccccc2c1)c1ccoc1. The molecule has 18 heavy (non-hydrogen) atoms. The summed E-state index contributed by atoms with van der Waals surface area (Å²) in [5, 5.41) is 5.09. The first-order valence-electron chi connectivity index (χ1n) is 5.65. The number of carbonyl (C=O) groups is 1. The monoisotopic (exact) mass is 237 g/mol. The predicted molar refractivity (Wildman–Crippen MR) is 70.6 cm³/mol. The molecule has 2 aromatic carbocycles. The highest BCUT2D eigenvalue weighted by molar-refractivity contribution is 6.04. The van der Waals surface area contributed by atoms with E-state index in [-0.39, 0.29) is 5.91 Å². The van der Waals surface area contributed by atoms with E-state index in [0.717, 1.165) is 16.5 Å². The fraction of sp³-hybridized carbons (Fsp3) is 0. The van der Waals surface area contributed by atoms with Gasteiger partial charge in [0.25, 0.3) is 5.91 Å². The maximum atomic E-state index is 11.8. The highest BCUT2D eigenvalue weighted by Gasteiger charge is 2.07. The Labute approximate surface area is 104 Å². The minimum absolute atomic E-state index is 0.168. The number of hydrogen-bond donors (Lipinski definition) is 1. The number of fused-ring (bicyclic) bond motifs is 1. The lowest BCUT2D eigenvalue weighted by Gasteiger charge is -2.05. The van der Waals surface area contributed by atoms with Crippen molar-refractivity contribution < 1.29 is 9.21 Å². The lowest BCUT2D eigenvalue weighted by Crippen LogP contribution is -2.10. The molecule has 88 valence electrons. The third kappa shape index (κ3) is 1.98. The number of furan rings is 1. The van der Waals surface area contributed by atoms with Gasteiger partial charge in [0.2, 0.25) is 0 Å². The molecule has 0 aliphatic carbocycles. The van der Waals surface area contributed by atoms with Gasteiger partial charge in [-0.25, -0.2) is 0 Å². The fourth-order valence-corrected chi connectivity index (χ4v) is 1.86. The van der Waals surface area contributed by atoms with Crippen LogP contribution in [0.2, 0.25) is 0 Å². The molecular formula is C15H11NO2. The van der Waals surface area contributed by atoms with Crippen LogP contribution in [0.3, 0.4) is 0 Å². The van der Waals surface area contributed by atoms with Gasteiger partial charge in [-0.15, -0.1) is 0 Å². The summed E-state index contributed by atoms with van der Waals surface area (Å²) in [5.41, 5.74) is 1.29. The van der Waals surface area contributed by atoms with Gasteiger partial charge in [0.1, 0.15) is 6.26 Å². The summed E-state index contributed by atoms with van der Waals surface area (Å²) in [6.45, 7) is 0. The predicted octanol–water partition coefficient (Wildman–Crippen LogP) is 3.69. The van der Waals surface area contributed by atoms with Crippen molar-refractivity contribution in [1.29, 1.82) is 0 Å². The van der Waals surface area contributed by atoms with Gasteiger partial charge < -0.3 is 9.73 Å². The maximum absolute atomic E-state index is 11.8. The zero-order valence-electron chi connectivity index (χ0n) is 9.59. The smallest absolute Gasteiger partial charge is 0.258 e. The van der Waals surface area contributed by atoms with E-state index in [2.05, 4.69) is 5.32 Å². The van der Waals surface area contributed by atoms with Crippen LogP contribution in [0.1, 0.15) is 10.4 Å². The Morgan fingerprint density at radius 3 is 2.61 bits per heavy atom. The molecular weight excluding hydrogens is 226 g/mol. The Morgan fingerprint density at radius 1 is 1.00 bits per heavy atom. The van der Waals surface area contributed by atoms with E-state index in [1.807, 2.05) is 42.5 Å². The first kappa shape index (κ1) is 10.6. The summed E-state index contributed by atoms with van der Waals surface area (Å²) in [6.07, 6.45) is 2.91. The molecule has 1 amide bonds. The summed E-state index contributed by atoms with van der Waals surface area (Å²) in [4.78, 5) is 11.8. The molecule has 3 rings (SSSR count). The third-order valence-electron chi connectivity index (χ3n) is 2.79. The van der Waals surface area contributed by atoms with Crippen LogP contribution in [0.15, 0.2) is 65.5 Å². The molecule has 3 heteroatoms. The molecule has 0 unspecified atom stereocenters. The Morgan fingerprint density at radius 2 is 1.83 bits per heavy atom. The number of anilines is 1. The summed E-state index contributed by atoms with van der Waals surface area (Å²) in [7, 11) is 0. The van der Waals surface area contributed by atoms with Gasteiger partial charge in [-0.2, -0.15) is 0 Å². The van der Waals surface area contributed by atoms with Crippen LogP contribution >= 0.6 is 0 Å². The van der Waals surface area contributed by atoms with Crippen LogP contribution in [0.4, 0.5) is 5.69 Å². The average Bonchev–Trinajstić information content (AvgIpc) is 2.92. The van der Waals surface area contributed by atoms with Crippen LogP contribution in [0, 0.1) is 0 Å². The Balaban J connectivity index is 1.89. The van der Waals surface area contributed by atoms with Gasteiger partial charge in [-0.1, -0.05) is 30.3 Å². The first-order chi connectivity index (χ1) is 8.83. The maximum Gasteiger partial charge on any atom is 0.258 e. The van der Waals surface area contributed by atoms with E-state index in [1.54, 1.807) is 6.07 Å². The summed E-state index contributed by atoms with van der Waals surface area (Å²) in [6, 6.07) is 15.5. The van der Waals surface area contributed by atoms with Crippen molar-refractivity contribution >= 4 is 22.4 Å². The van der Waals surface area contributed by atoms with Crippen molar-refractivity contribution in [2.45, 2.75) is 0 Å². The second kappa shape index (κ2) is 4.37. The van der Waals surface area contributed by atoms with Gasteiger partial charge in [-0.05, 0) is 29.0 Å². The van der Waals surface area contributed by atoms with E-state index < -0.39 is 0 Å². The minimum atomic E-state index is -0.168. The minimum Gasteiger partial charge on any atom is -0.472 e. The molecule has 0 aliphatic rings. The van der Waals surface area contributed by atoms with Crippen molar-refractivity contribution in [3.8, 4) is 0 Å². The van der Waals surface area contributed by atoms with E-state index in [0.29, 0.717) is 5.56 Å². The van der Waals surface area contributed by atoms with Gasteiger partial charge in [-0.3, -0.25) is 4.79 Å². The van der Waals surface area contributed by atoms with E-state index in [1.165, 1.54) is 12.5 Å². The van der Waals surface area contributed by atoms with Crippen molar-refractivity contribution in [2.75, 3.05) is 5.32 Å². The van der Waals surface area contributed by atoms with Gasteiger partial charge in [0.15, 0.2) is 0 Å². The first-order valence-corrected chi connectivity index (χ1v) is 5.65. The van der Waals surface area contributed by atoms with Crippen LogP contribution < -0.4 is 5.32 Å². The number of amides is 1. The quantitative estimate of drug-likeness (QED) is 0.738. The molecule has 0 bridgehead atoms. The third-order valence-corrected chi connectivity index (χ3v) is 2.79. The second-order valence-electron chi connectivity index (χ2n) is 4.03. The molecule has 0 fully saturated rings. The summed E-state index contributed by atoms with van der Waals surface area (Å²) in [5.74, 6) is -0.168. The molecule has 0 radical (unpaired) electrons. The van der Waals surface area contributed by atoms with Gasteiger partial charge in [0, 0.05) is 5.69 Å². The van der Waals surface area contributed by atoms with E-state index >= 15 is 0 Å². The molecule has 3 nitrogen and oxygen atoms in total. The number of carbonyl (C=O) groups excluding carboxylic acids is 1. The zero-order chi connectivity index (χ0) is 12.4. The molecule has 0 atom stereocenters. The summed E-state index contributed by atoms with van der Waals surface area (Å²) < 4.78 is 4.88. The second-order valence-corrected chi connectivity index (χ2v) is 4.03. The van der Waals surface area contributed by atoms with Crippen molar-refractivity contribution in [2.24, 2.45) is 0 Å². The standard InChI is InChI=1S/C15H11NO2/c17-15(13-7-8-18-10-13)16-14-6-5-11-3-1-2-4-12(11)9-14/h1-10H,(H,16,17). The summed E-state index contributed by atoms with van der Waals surface area (Å²) >= 11 is 0. The highest BCUT2D eigenvalue weighted by atomic mass is 16.3. The Kier molecular flexibility index (Phi) is 2.57. The van der Waals surface area contributed by atoms with E-state index in [4.69, 9.17) is 4.42 Å². The average molecular weight is 237 g/mol. The molecule has 0 saturated heterocycles. The number of nitrogens with one attached hydrogen (secondary N) is 1. The molecule has 1 N–H and O–H groups in total. The molecule has 0 aliphatic heterocycles. The van der Waals surface area contributed by atoms with Crippen LogP contribution in [-0.4, -0.2) is 5.91 Å². The largest absolute Gasteiger partial charge is 0.472 e. The van der Waals surface area contributed by atoms with Crippen molar-refractivity contribution in [3.05, 3.63) is 66.6 Å². The normalized spacial score (nSPS) is 10.4. The van der Waals surface area contributed by atoms with Gasteiger partial charge in [0.05, 0.1) is 11.8 Å². The molecule has 1 aromatic heterocycles. The van der Waals surface area contributed by atoms with Crippen molar-refractivity contribution in [3.63, 3.8) is 0 Å². The van der Waals surface area contributed by atoms with Crippen LogP contribution in [-0.2, 0) is 0 Å². The molecule has 0 saturated carbocycles. The molecule has 0 spiro atoms.